The van der Waals surface area contributed by atoms with Crippen molar-refractivity contribution in [3.63, 3.8) is 0 Å². The first-order valence-electron chi connectivity index (χ1n) is 5.83. The van der Waals surface area contributed by atoms with Gasteiger partial charge in [-0.3, -0.25) is 4.79 Å². The summed E-state index contributed by atoms with van der Waals surface area (Å²) in [5.74, 6) is 1.20. The van der Waals surface area contributed by atoms with Crippen molar-refractivity contribution in [2.75, 3.05) is 39.4 Å². The molecule has 0 aliphatic rings. The maximum absolute atomic E-state index is 12.0. The zero-order valence-electron chi connectivity index (χ0n) is 10.9. The molecular formula is C12H20N2O4. The monoisotopic (exact) mass is 256 g/mol. The summed E-state index contributed by atoms with van der Waals surface area (Å²) in [5.41, 5.74) is 0. The quantitative estimate of drug-likeness (QED) is 0.506. The Hall–Kier alpha value is -1.74. The van der Waals surface area contributed by atoms with Gasteiger partial charge in [-0.2, -0.15) is 0 Å². The highest BCUT2D eigenvalue weighted by Gasteiger charge is 2.20. The molecule has 0 heterocycles. The number of carboxylic acids is 1. The van der Waals surface area contributed by atoms with E-state index >= 15 is 0 Å². The Bertz CT molecular complexity index is 312. The molecule has 0 aromatic heterocycles. The number of likely N-dealkylation sites (N-methyl/N-ethyl adjacent to an activating group) is 1. The van der Waals surface area contributed by atoms with Crippen molar-refractivity contribution in [2.24, 2.45) is 0 Å². The fourth-order valence-electron chi connectivity index (χ4n) is 1.37. The molecule has 102 valence electrons. The predicted molar refractivity (Wildman–Crippen MR) is 67.2 cm³/mol. The Morgan fingerprint density at radius 3 is 2.44 bits per heavy atom. The molecule has 0 saturated carbocycles. The molecule has 0 aromatic carbocycles. The van der Waals surface area contributed by atoms with Gasteiger partial charge in [0.15, 0.2) is 0 Å². The number of hydrogen-bond donors (Lipinski definition) is 1. The number of rotatable bonds is 8. The van der Waals surface area contributed by atoms with Gasteiger partial charge in [-0.05, 0) is 13.8 Å². The van der Waals surface area contributed by atoms with E-state index in [1.54, 1.807) is 0 Å². The van der Waals surface area contributed by atoms with E-state index in [4.69, 9.17) is 16.3 Å². The Labute approximate surface area is 108 Å². The number of urea groups is 1. The highest BCUT2D eigenvalue weighted by atomic mass is 16.5. The third-order valence-electron chi connectivity index (χ3n) is 2.24. The molecular weight excluding hydrogens is 236 g/mol. The van der Waals surface area contributed by atoms with Crippen molar-refractivity contribution < 1.29 is 19.4 Å². The number of carbonyl (C=O) groups is 2. The lowest BCUT2D eigenvalue weighted by atomic mass is 10.4. The van der Waals surface area contributed by atoms with Crippen LogP contribution in [0.15, 0.2) is 0 Å². The molecule has 0 atom stereocenters. The summed E-state index contributed by atoms with van der Waals surface area (Å²) in [4.78, 5) is 25.3. The maximum atomic E-state index is 12.0. The standard InChI is InChI=1S/C12H20N2O4/c1-4-7-14(10-11(15)16)12(17)13(5-2)8-9-18-6-3/h1H,5-10H2,2-3H3,(H,15,16). The van der Waals surface area contributed by atoms with E-state index in [1.165, 1.54) is 4.90 Å². The molecule has 0 fully saturated rings. The molecule has 0 aliphatic heterocycles. The highest BCUT2D eigenvalue weighted by molar-refractivity contribution is 5.80. The minimum absolute atomic E-state index is 0.0176. The van der Waals surface area contributed by atoms with E-state index in [1.807, 2.05) is 13.8 Å². The number of hydrogen-bond acceptors (Lipinski definition) is 3. The van der Waals surface area contributed by atoms with Crippen molar-refractivity contribution in [3.05, 3.63) is 0 Å². The van der Waals surface area contributed by atoms with Gasteiger partial charge in [0.05, 0.1) is 13.2 Å². The predicted octanol–water partition coefficient (Wildman–Crippen LogP) is 0.485. The van der Waals surface area contributed by atoms with E-state index in [2.05, 4.69) is 5.92 Å². The number of nitrogens with zero attached hydrogens (tertiary/aromatic N) is 2. The second-order valence-electron chi connectivity index (χ2n) is 3.51. The average molecular weight is 256 g/mol. The molecule has 18 heavy (non-hydrogen) atoms. The number of carboxylic acid groups (broad SMARTS) is 1. The molecule has 0 rings (SSSR count). The first-order valence-corrected chi connectivity index (χ1v) is 5.83. The van der Waals surface area contributed by atoms with Crippen LogP contribution < -0.4 is 0 Å². The molecule has 6 heteroatoms. The van der Waals surface area contributed by atoms with Gasteiger partial charge >= 0.3 is 12.0 Å². The van der Waals surface area contributed by atoms with E-state index in [0.29, 0.717) is 26.3 Å². The van der Waals surface area contributed by atoms with Crippen LogP contribution >= 0.6 is 0 Å². The summed E-state index contributed by atoms with van der Waals surface area (Å²) < 4.78 is 5.17. The maximum Gasteiger partial charge on any atom is 0.323 e. The van der Waals surface area contributed by atoms with Crippen LogP contribution in [-0.2, 0) is 9.53 Å². The minimum atomic E-state index is -1.08. The molecule has 1 N–H and O–H groups in total. The van der Waals surface area contributed by atoms with Crippen molar-refractivity contribution in [3.8, 4) is 12.3 Å². The molecule has 6 nitrogen and oxygen atoms in total. The lowest BCUT2D eigenvalue weighted by molar-refractivity contribution is -0.137. The van der Waals surface area contributed by atoms with Gasteiger partial charge < -0.3 is 19.6 Å². The molecule has 0 saturated heterocycles. The molecule has 2 amide bonds. The van der Waals surface area contributed by atoms with E-state index in [0.717, 1.165) is 4.90 Å². The van der Waals surface area contributed by atoms with Gasteiger partial charge in [0.2, 0.25) is 0 Å². The normalized spacial score (nSPS) is 9.61. The van der Waals surface area contributed by atoms with E-state index in [-0.39, 0.29) is 12.6 Å². The summed E-state index contributed by atoms with van der Waals surface area (Å²) in [6, 6.07) is -0.377. The van der Waals surface area contributed by atoms with Crippen LogP contribution in [0, 0.1) is 12.3 Å². The van der Waals surface area contributed by atoms with Crippen LogP contribution in [0.4, 0.5) is 4.79 Å². The number of carbonyl (C=O) groups excluding carboxylic acids is 1. The summed E-state index contributed by atoms with van der Waals surface area (Å²) in [7, 11) is 0. The fraction of sp³-hybridized carbons (Fsp3) is 0.667. The van der Waals surface area contributed by atoms with Gasteiger partial charge in [0.25, 0.3) is 0 Å². The Morgan fingerprint density at radius 2 is 2.00 bits per heavy atom. The second-order valence-corrected chi connectivity index (χ2v) is 3.51. The molecule has 0 unspecified atom stereocenters. The van der Waals surface area contributed by atoms with Crippen LogP contribution in [0.5, 0.6) is 0 Å². The third kappa shape index (κ3) is 6.11. The SMILES string of the molecule is C#CCN(CC(=O)O)C(=O)N(CC)CCOCC. The lowest BCUT2D eigenvalue weighted by Gasteiger charge is -2.27. The third-order valence-corrected chi connectivity index (χ3v) is 2.24. The molecule has 0 bridgehead atoms. The smallest absolute Gasteiger partial charge is 0.323 e. The summed E-state index contributed by atoms with van der Waals surface area (Å²) >= 11 is 0. The fourth-order valence-corrected chi connectivity index (χ4v) is 1.37. The van der Waals surface area contributed by atoms with Crippen LogP contribution in [-0.4, -0.2) is 66.3 Å². The topological polar surface area (TPSA) is 70.1 Å². The van der Waals surface area contributed by atoms with E-state index in [9.17, 15) is 9.59 Å². The Kier molecular flexibility index (Phi) is 8.41. The summed E-state index contributed by atoms with van der Waals surface area (Å²) in [6.07, 6.45) is 5.13. The average Bonchev–Trinajstić information content (AvgIpc) is 2.33. The van der Waals surface area contributed by atoms with Crippen molar-refractivity contribution in [2.45, 2.75) is 13.8 Å². The number of ether oxygens (including phenoxy) is 1. The lowest BCUT2D eigenvalue weighted by Crippen LogP contribution is -2.46. The first-order chi connectivity index (χ1) is 8.56. The van der Waals surface area contributed by atoms with E-state index < -0.39 is 12.5 Å². The zero-order chi connectivity index (χ0) is 14.0. The van der Waals surface area contributed by atoms with Crippen LogP contribution in [0.1, 0.15) is 13.8 Å². The largest absolute Gasteiger partial charge is 0.480 e. The summed E-state index contributed by atoms with van der Waals surface area (Å²) in [6.45, 7) is 5.18. The van der Waals surface area contributed by atoms with Crippen LogP contribution in [0.25, 0.3) is 0 Å². The molecule has 0 radical (unpaired) electrons. The Balaban J connectivity index is 4.49. The van der Waals surface area contributed by atoms with Gasteiger partial charge in [-0.1, -0.05) is 5.92 Å². The molecule has 0 aromatic rings. The van der Waals surface area contributed by atoms with Crippen molar-refractivity contribution in [1.29, 1.82) is 0 Å². The number of aliphatic carboxylic acids is 1. The number of amides is 2. The van der Waals surface area contributed by atoms with Gasteiger partial charge in [-0.25, -0.2) is 4.79 Å². The minimum Gasteiger partial charge on any atom is -0.480 e. The van der Waals surface area contributed by atoms with Crippen LogP contribution in [0.2, 0.25) is 0 Å². The number of terminal acetylenes is 1. The van der Waals surface area contributed by atoms with Gasteiger partial charge in [-0.15, -0.1) is 6.42 Å². The molecule has 0 aliphatic carbocycles. The van der Waals surface area contributed by atoms with Gasteiger partial charge in [0, 0.05) is 19.7 Å². The molecule has 0 spiro atoms. The Morgan fingerprint density at radius 1 is 1.33 bits per heavy atom. The van der Waals surface area contributed by atoms with Gasteiger partial charge in [0.1, 0.15) is 6.54 Å². The van der Waals surface area contributed by atoms with Crippen molar-refractivity contribution >= 4 is 12.0 Å². The zero-order valence-corrected chi connectivity index (χ0v) is 10.9. The van der Waals surface area contributed by atoms with Crippen molar-refractivity contribution in [1.82, 2.24) is 9.80 Å². The second kappa shape index (κ2) is 9.31. The first kappa shape index (κ1) is 16.3. The van der Waals surface area contributed by atoms with Crippen LogP contribution in [0.3, 0.4) is 0 Å². The highest BCUT2D eigenvalue weighted by Crippen LogP contribution is 1.99. The summed E-state index contributed by atoms with van der Waals surface area (Å²) in [5, 5.41) is 8.72.